The SMILES string of the molecule is CC(=O)N1CCN(C(=O)NC[C@@H](c2ccccc2)C2CCCC2)CC1. The van der Waals surface area contributed by atoms with E-state index in [1.807, 2.05) is 11.0 Å². The number of benzene rings is 1. The first-order valence-corrected chi connectivity index (χ1v) is 9.48. The number of rotatable bonds is 4. The highest BCUT2D eigenvalue weighted by molar-refractivity contribution is 5.76. The highest BCUT2D eigenvalue weighted by Gasteiger charge is 2.28. The molecule has 2 fully saturated rings. The Morgan fingerprint density at radius 1 is 1.04 bits per heavy atom. The third kappa shape index (κ3) is 4.53. The number of nitrogens with one attached hydrogen (secondary N) is 1. The van der Waals surface area contributed by atoms with Crippen molar-refractivity contribution in [2.24, 2.45) is 5.92 Å². The summed E-state index contributed by atoms with van der Waals surface area (Å²) in [5.74, 6) is 1.15. The van der Waals surface area contributed by atoms with Gasteiger partial charge in [-0.15, -0.1) is 0 Å². The number of piperazine rings is 1. The summed E-state index contributed by atoms with van der Waals surface area (Å²) in [5, 5.41) is 3.16. The van der Waals surface area contributed by atoms with Crippen molar-refractivity contribution in [2.75, 3.05) is 32.7 Å². The molecule has 1 atom stereocenters. The van der Waals surface area contributed by atoms with Crippen molar-refractivity contribution in [3.63, 3.8) is 0 Å². The second-order valence-corrected chi connectivity index (χ2v) is 7.24. The molecule has 3 rings (SSSR count). The van der Waals surface area contributed by atoms with E-state index in [1.165, 1.54) is 31.2 Å². The second-order valence-electron chi connectivity index (χ2n) is 7.24. The lowest BCUT2D eigenvalue weighted by atomic mass is 9.85. The average molecular weight is 343 g/mol. The topological polar surface area (TPSA) is 52.7 Å². The maximum absolute atomic E-state index is 12.5. The maximum Gasteiger partial charge on any atom is 0.317 e. The minimum absolute atomic E-state index is 0.00197. The van der Waals surface area contributed by atoms with Gasteiger partial charge in [-0.25, -0.2) is 4.79 Å². The van der Waals surface area contributed by atoms with Crippen LogP contribution in [0.3, 0.4) is 0 Å². The number of amides is 3. The molecule has 1 aliphatic heterocycles. The van der Waals surface area contributed by atoms with Crippen LogP contribution in [-0.4, -0.2) is 54.5 Å². The number of urea groups is 1. The Bertz CT molecular complexity index is 576. The fourth-order valence-electron chi connectivity index (χ4n) is 4.15. The summed E-state index contributed by atoms with van der Waals surface area (Å²) in [6.45, 7) is 4.78. The molecule has 2 aliphatic rings. The van der Waals surface area contributed by atoms with Gasteiger partial charge in [-0.2, -0.15) is 0 Å². The van der Waals surface area contributed by atoms with Gasteiger partial charge in [0.05, 0.1) is 0 Å². The van der Waals surface area contributed by atoms with Gasteiger partial charge >= 0.3 is 6.03 Å². The van der Waals surface area contributed by atoms with Crippen molar-refractivity contribution in [3.05, 3.63) is 35.9 Å². The molecule has 5 heteroatoms. The summed E-state index contributed by atoms with van der Waals surface area (Å²) in [6.07, 6.45) is 5.11. The Labute approximate surface area is 150 Å². The van der Waals surface area contributed by atoms with E-state index < -0.39 is 0 Å². The van der Waals surface area contributed by atoms with Gasteiger partial charge in [0.15, 0.2) is 0 Å². The molecular formula is C20H29N3O2. The fourth-order valence-corrected chi connectivity index (χ4v) is 4.15. The summed E-state index contributed by atoms with van der Waals surface area (Å²) >= 11 is 0. The van der Waals surface area contributed by atoms with E-state index >= 15 is 0 Å². The van der Waals surface area contributed by atoms with E-state index in [-0.39, 0.29) is 11.9 Å². The van der Waals surface area contributed by atoms with Crippen molar-refractivity contribution < 1.29 is 9.59 Å². The minimum atomic E-state index is 0.00197. The van der Waals surface area contributed by atoms with Gasteiger partial charge in [-0.1, -0.05) is 43.2 Å². The molecule has 5 nitrogen and oxygen atoms in total. The van der Waals surface area contributed by atoms with Crippen LogP contribution >= 0.6 is 0 Å². The summed E-state index contributed by atoms with van der Waals surface area (Å²) in [5.41, 5.74) is 1.33. The minimum Gasteiger partial charge on any atom is -0.339 e. The lowest BCUT2D eigenvalue weighted by Crippen LogP contribution is -2.53. The number of carbonyl (C=O) groups excluding carboxylic acids is 2. The van der Waals surface area contributed by atoms with Crippen LogP contribution in [0.4, 0.5) is 4.79 Å². The predicted molar refractivity (Wildman–Crippen MR) is 98.4 cm³/mol. The monoisotopic (exact) mass is 343 g/mol. The van der Waals surface area contributed by atoms with Crippen molar-refractivity contribution in [3.8, 4) is 0 Å². The summed E-state index contributed by atoms with van der Waals surface area (Å²) in [4.78, 5) is 27.6. The number of hydrogen-bond acceptors (Lipinski definition) is 2. The molecular weight excluding hydrogens is 314 g/mol. The molecule has 3 amide bonds. The highest BCUT2D eigenvalue weighted by Crippen LogP contribution is 2.36. The molecule has 1 aromatic carbocycles. The molecule has 0 unspecified atom stereocenters. The largest absolute Gasteiger partial charge is 0.339 e. The second kappa shape index (κ2) is 8.37. The normalized spacial score (nSPS) is 19.7. The molecule has 1 N–H and O–H groups in total. The lowest BCUT2D eigenvalue weighted by molar-refractivity contribution is -0.130. The quantitative estimate of drug-likeness (QED) is 0.914. The Balaban J connectivity index is 1.56. The predicted octanol–water partition coefficient (Wildman–Crippen LogP) is 2.83. The molecule has 1 aliphatic carbocycles. The molecule has 136 valence electrons. The van der Waals surface area contributed by atoms with Crippen LogP contribution < -0.4 is 5.32 Å². The zero-order chi connectivity index (χ0) is 17.6. The van der Waals surface area contributed by atoms with E-state index in [0.717, 1.165) is 0 Å². The molecule has 1 aromatic rings. The first-order chi connectivity index (χ1) is 12.1. The van der Waals surface area contributed by atoms with Crippen molar-refractivity contribution >= 4 is 11.9 Å². The number of nitrogens with zero attached hydrogens (tertiary/aromatic N) is 2. The Morgan fingerprint density at radius 3 is 2.24 bits per heavy atom. The van der Waals surface area contributed by atoms with Crippen molar-refractivity contribution in [1.29, 1.82) is 0 Å². The highest BCUT2D eigenvalue weighted by atomic mass is 16.2. The molecule has 25 heavy (non-hydrogen) atoms. The Morgan fingerprint density at radius 2 is 1.64 bits per heavy atom. The zero-order valence-electron chi connectivity index (χ0n) is 15.1. The first-order valence-electron chi connectivity index (χ1n) is 9.48. The van der Waals surface area contributed by atoms with Crippen molar-refractivity contribution in [2.45, 2.75) is 38.5 Å². The van der Waals surface area contributed by atoms with Crippen LogP contribution in [0.5, 0.6) is 0 Å². The maximum atomic E-state index is 12.5. The molecule has 0 radical (unpaired) electrons. The van der Waals surface area contributed by atoms with Gasteiger partial charge in [0.2, 0.25) is 5.91 Å². The van der Waals surface area contributed by atoms with Crippen LogP contribution in [-0.2, 0) is 4.79 Å². The molecule has 1 saturated heterocycles. The average Bonchev–Trinajstić information content (AvgIpc) is 3.17. The third-order valence-electron chi connectivity index (χ3n) is 5.68. The molecule has 1 saturated carbocycles. The van der Waals surface area contributed by atoms with Crippen LogP contribution in [0.15, 0.2) is 30.3 Å². The number of carbonyl (C=O) groups is 2. The van der Waals surface area contributed by atoms with Gasteiger partial charge in [0.25, 0.3) is 0 Å². The van der Waals surface area contributed by atoms with Crippen LogP contribution in [0.1, 0.15) is 44.1 Å². The van der Waals surface area contributed by atoms with Gasteiger partial charge in [-0.05, 0) is 24.3 Å². The standard InChI is InChI=1S/C20H29N3O2/c1-16(24)22-11-13-23(14-12-22)20(25)21-15-19(18-9-5-6-10-18)17-7-3-2-4-8-17/h2-4,7-8,18-19H,5-6,9-15H2,1H3,(H,21,25)/t19-/m0/s1. The van der Waals surface area contributed by atoms with Gasteiger partial charge in [0, 0.05) is 45.6 Å². The van der Waals surface area contributed by atoms with E-state index in [9.17, 15) is 9.59 Å². The summed E-state index contributed by atoms with van der Waals surface area (Å²) < 4.78 is 0. The van der Waals surface area contributed by atoms with E-state index in [4.69, 9.17) is 0 Å². The summed E-state index contributed by atoms with van der Waals surface area (Å²) in [6, 6.07) is 10.6. The third-order valence-corrected chi connectivity index (χ3v) is 5.68. The van der Waals surface area contributed by atoms with Gasteiger partial charge in [0.1, 0.15) is 0 Å². The van der Waals surface area contributed by atoms with E-state index in [1.54, 1.807) is 11.8 Å². The van der Waals surface area contributed by atoms with Crippen LogP contribution in [0.2, 0.25) is 0 Å². The summed E-state index contributed by atoms with van der Waals surface area (Å²) in [7, 11) is 0. The molecule has 0 aromatic heterocycles. The molecule has 0 bridgehead atoms. The van der Waals surface area contributed by atoms with Crippen LogP contribution in [0, 0.1) is 5.92 Å². The first kappa shape index (κ1) is 17.8. The van der Waals surface area contributed by atoms with E-state index in [2.05, 4.69) is 29.6 Å². The number of hydrogen-bond donors (Lipinski definition) is 1. The fraction of sp³-hybridized carbons (Fsp3) is 0.600. The zero-order valence-corrected chi connectivity index (χ0v) is 15.1. The molecule has 1 heterocycles. The Hall–Kier alpha value is -2.04. The van der Waals surface area contributed by atoms with Gasteiger partial charge in [-0.3, -0.25) is 4.79 Å². The van der Waals surface area contributed by atoms with Crippen molar-refractivity contribution in [1.82, 2.24) is 15.1 Å². The molecule has 0 spiro atoms. The Kier molecular flexibility index (Phi) is 5.95. The van der Waals surface area contributed by atoms with E-state index in [0.29, 0.717) is 44.6 Å². The smallest absolute Gasteiger partial charge is 0.317 e. The lowest BCUT2D eigenvalue weighted by Gasteiger charge is -2.34. The van der Waals surface area contributed by atoms with Gasteiger partial charge < -0.3 is 15.1 Å². The van der Waals surface area contributed by atoms with Crippen LogP contribution in [0.25, 0.3) is 0 Å².